The highest BCUT2D eigenvalue weighted by Crippen LogP contribution is 2.40. The van der Waals surface area contributed by atoms with Crippen molar-refractivity contribution in [3.63, 3.8) is 0 Å². The molecule has 0 radical (unpaired) electrons. The van der Waals surface area contributed by atoms with E-state index < -0.39 is 0 Å². The van der Waals surface area contributed by atoms with Crippen LogP contribution >= 0.6 is 0 Å². The van der Waals surface area contributed by atoms with E-state index in [0.29, 0.717) is 12.2 Å². The van der Waals surface area contributed by atoms with Gasteiger partial charge in [-0.15, -0.1) is 0 Å². The Morgan fingerprint density at radius 3 is 3.13 bits per heavy atom. The average molecular weight is 202 g/mol. The highest BCUT2D eigenvalue weighted by atomic mass is 16.5. The lowest BCUT2D eigenvalue weighted by Gasteiger charge is -2.21. The lowest BCUT2D eigenvalue weighted by Crippen LogP contribution is -2.19. The normalized spacial score (nSPS) is 22.8. The summed E-state index contributed by atoms with van der Waals surface area (Å²) >= 11 is 0. The summed E-state index contributed by atoms with van der Waals surface area (Å²) in [4.78, 5) is 11.5. The smallest absolute Gasteiger partial charge is 0.169 e. The van der Waals surface area contributed by atoms with E-state index in [2.05, 4.69) is 0 Å². The zero-order valence-electron chi connectivity index (χ0n) is 8.06. The van der Waals surface area contributed by atoms with Gasteiger partial charge in [-0.1, -0.05) is 12.1 Å². The van der Waals surface area contributed by atoms with Crippen LogP contribution in [-0.4, -0.2) is 17.0 Å². The number of phenolic OH excluding ortho intramolecular Hbond substituents is 1. The molecule has 0 amide bonds. The van der Waals surface area contributed by atoms with Gasteiger partial charge in [0, 0.05) is 17.6 Å². The fourth-order valence-corrected chi connectivity index (χ4v) is 2.13. The van der Waals surface area contributed by atoms with Crippen LogP contribution in [0.5, 0.6) is 11.5 Å². The number of aromatic hydroxyl groups is 1. The van der Waals surface area contributed by atoms with Crippen LogP contribution in [0.25, 0.3) is 6.08 Å². The maximum atomic E-state index is 11.5. The number of carbonyl (C=O) groups excluding carboxylic acids is 1. The monoisotopic (exact) mass is 202 g/mol. The molecule has 0 aromatic heterocycles. The number of Topliss-reactive ketones (excluding diaryl/α,β-unsaturated/α-hetero) is 1. The van der Waals surface area contributed by atoms with E-state index in [1.54, 1.807) is 12.1 Å². The molecule has 0 spiro atoms. The number of para-hydroxylation sites is 1. The van der Waals surface area contributed by atoms with Gasteiger partial charge in [0.25, 0.3) is 0 Å². The highest BCUT2D eigenvalue weighted by molar-refractivity contribution is 6.03. The van der Waals surface area contributed by atoms with Crippen LogP contribution in [0.15, 0.2) is 23.8 Å². The average Bonchev–Trinajstić information content (AvgIpc) is 2.59. The third-order valence-corrected chi connectivity index (χ3v) is 2.90. The summed E-state index contributed by atoms with van der Waals surface area (Å²) in [6.45, 7) is 0. The number of hydrogen-bond donors (Lipinski definition) is 1. The van der Waals surface area contributed by atoms with Crippen molar-refractivity contribution in [3.05, 3.63) is 29.3 Å². The van der Waals surface area contributed by atoms with Crippen LogP contribution in [0.1, 0.15) is 18.4 Å². The Morgan fingerprint density at radius 1 is 1.40 bits per heavy atom. The van der Waals surface area contributed by atoms with E-state index >= 15 is 0 Å². The zero-order valence-corrected chi connectivity index (χ0v) is 8.06. The second-order valence-corrected chi connectivity index (χ2v) is 3.86. The lowest BCUT2D eigenvalue weighted by molar-refractivity contribution is -0.114. The minimum atomic E-state index is -0.154. The van der Waals surface area contributed by atoms with Gasteiger partial charge in [-0.25, -0.2) is 0 Å². The Hall–Kier alpha value is -1.77. The van der Waals surface area contributed by atoms with Crippen molar-refractivity contribution in [2.24, 2.45) is 0 Å². The van der Waals surface area contributed by atoms with Crippen molar-refractivity contribution in [1.82, 2.24) is 0 Å². The molecule has 0 bridgehead atoms. The third kappa shape index (κ3) is 1.16. The maximum Gasteiger partial charge on any atom is 0.169 e. The predicted molar refractivity (Wildman–Crippen MR) is 54.7 cm³/mol. The van der Waals surface area contributed by atoms with Crippen LogP contribution < -0.4 is 4.74 Å². The Labute approximate surface area is 87.0 Å². The van der Waals surface area contributed by atoms with Gasteiger partial charge in [-0.05, 0) is 18.6 Å². The molecule has 1 N–H and O–H groups in total. The van der Waals surface area contributed by atoms with Crippen LogP contribution in [0.3, 0.4) is 0 Å². The molecular formula is C12H10O3. The molecular weight excluding hydrogens is 192 g/mol. The molecule has 1 saturated carbocycles. The molecule has 1 aliphatic carbocycles. The number of rotatable bonds is 0. The number of benzene rings is 1. The molecule has 3 heteroatoms. The summed E-state index contributed by atoms with van der Waals surface area (Å²) in [6.07, 6.45) is 2.95. The molecule has 1 fully saturated rings. The van der Waals surface area contributed by atoms with Crippen LogP contribution in [0, 0.1) is 0 Å². The van der Waals surface area contributed by atoms with E-state index in [0.717, 1.165) is 17.6 Å². The third-order valence-electron chi connectivity index (χ3n) is 2.90. The van der Waals surface area contributed by atoms with Gasteiger partial charge < -0.3 is 9.84 Å². The van der Waals surface area contributed by atoms with E-state index in [9.17, 15) is 9.90 Å². The van der Waals surface area contributed by atoms with Crippen molar-refractivity contribution in [3.8, 4) is 11.5 Å². The number of hydrogen-bond acceptors (Lipinski definition) is 3. The number of fused-ring (bicyclic) bond motifs is 2. The zero-order chi connectivity index (χ0) is 10.4. The molecule has 1 atom stereocenters. The summed E-state index contributed by atoms with van der Waals surface area (Å²) in [5, 5.41) is 9.60. The lowest BCUT2D eigenvalue weighted by atomic mass is 10.0. The largest absolute Gasteiger partial charge is 0.504 e. The van der Waals surface area contributed by atoms with Crippen LogP contribution in [0.4, 0.5) is 0 Å². The van der Waals surface area contributed by atoms with Crippen LogP contribution in [-0.2, 0) is 4.79 Å². The topological polar surface area (TPSA) is 46.5 Å². The Bertz CT molecular complexity index is 474. The molecule has 3 rings (SSSR count). The second-order valence-electron chi connectivity index (χ2n) is 3.86. The van der Waals surface area contributed by atoms with E-state index in [1.165, 1.54) is 0 Å². The second kappa shape index (κ2) is 2.86. The van der Waals surface area contributed by atoms with E-state index in [1.807, 2.05) is 12.1 Å². The summed E-state index contributed by atoms with van der Waals surface area (Å²) in [7, 11) is 0. The first kappa shape index (κ1) is 8.53. The molecule has 0 saturated heterocycles. The number of ketones is 1. The van der Waals surface area contributed by atoms with E-state index in [4.69, 9.17) is 4.74 Å². The summed E-state index contributed by atoms with van der Waals surface area (Å²) in [5.41, 5.74) is 1.53. The number of phenols is 1. The van der Waals surface area contributed by atoms with Crippen LogP contribution in [0.2, 0.25) is 0 Å². The molecule has 1 aliphatic heterocycles. The predicted octanol–water partition coefficient (Wildman–Crippen LogP) is 1.90. The SMILES string of the molecule is O=C1CCC2Oc3c(O)cccc3C=C12. The molecule has 3 nitrogen and oxygen atoms in total. The number of carbonyl (C=O) groups is 1. The summed E-state index contributed by atoms with van der Waals surface area (Å²) in [5.74, 6) is 0.803. The Morgan fingerprint density at radius 2 is 2.27 bits per heavy atom. The van der Waals surface area contributed by atoms with Gasteiger partial charge in [0.2, 0.25) is 0 Å². The molecule has 15 heavy (non-hydrogen) atoms. The minimum Gasteiger partial charge on any atom is -0.504 e. The first-order chi connectivity index (χ1) is 7.25. The van der Waals surface area contributed by atoms with Gasteiger partial charge in [0.15, 0.2) is 17.3 Å². The Balaban J connectivity index is 2.16. The molecule has 76 valence electrons. The highest BCUT2D eigenvalue weighted by Gasteiger charge is 2.34. The molecule has 2 aliphatic rings. The van der Waals surface area contributed by atoms with Crippen molar-refractivity contribution in [2.75, 3.05) is 0 Å². The van der Waals surface area contributed by atoms with E-state index in [-0.39, 0.29) is 17.6 Å². The van der Waals surface area contributed by atoms with Gasteiger partial charge in [-0.2, -0.15) is 0 Å². The van der Waals surface area contributed by atoms with Gasteiger partial charge in [0.1, 0.15) is 6.10 Å². The summed E-state index contributed by atoms with van der Waals surface area (Å²) in [6, 6.07) is 5.17. The number of ether oxygens (including phenoxy) is 1. The summed E-state index contributed by atoms with van der Waals surface area (Å²) < 4.78 is 5.62. The first-order valence-electron chi connectivity index (χ1n) is 4.99. The van der Waals surface area contributed by atoms with Crippen molar-refractivity contribution in [2.45, 2.75) is 18.9 Å². The minimum absolute atomic E-state index is 0.141. The fourth-order valence-electron chi connectivity index (χ4n) is 2.13. The van der Waals surface area contributed by atoms with Gasteiger partial charge in [-0.3, -0.25) is 4.79 Å². The maximum absolute atomic E-state index is 11.5. The van der Waals surface area contributed by atoms with Crippen molar-refractivity contribution >= 4 is 11.9 Å². The molecule has 1 unspecified atom stereocenters. The quantitative estimate of drug-likeness (QED) is 0.698. The molecule has 1 aromatic carbocycles. The Kier molecular flexibility index (Phi) is 1.63. The molecule has 1 aromatic rings. The van der Waals surface area contributed by atoms with Gasteiger partial charge in [0.05, 0.1) is 0 Å². The standard InChI is InChI=1S/C12H10O3/c13-9-4-5-11-8(9)6-7-2-1-3-10(14)12(7)15-11/h1-3,6,11,14H,4-5H2. The molecule has 1 heterocycles. The first-order valence-corrected chi connectivity index (χ1v) is 4.99. The fraction of sp³-hybridized carbons (Fsp3) is 0.250. The van der Waals surface area contributed by atoms with Gasteiger partial charge >= 0.3 is 0 Å². The van der Waals surface area contributed by atoms with Crippen molar-refractivity contribution < 1.29 is 14.6 Å². The van der Waals surface area contributed by atoms with Crippen molar-refractivity contribution in [1.29, 1.82) is 0 Å².